The normalized spacial score (nSPS) is 16.6. The van der Waals surface area contributed by atoms with E-state index in [9.17, 15) is 5.11 Å². The van der Waals surface area contributed by atoms with Crippen LogP contribution in [0, 0.1) is 5.92 Å². The summed E-state index contributed by atoms with van der Waals surface area (Å²) >= 11 is 0. The van der Waals surface area contributed by atoms with E-state index in [1.807, 2.05) is 13.8 Å². The fraction of sp³-hybridized carbons (Fsp3) is 0.769. The summed E-state index contributed by atoms with van der Waals surface area (Å²) in [7, 11) is 1.77. The lowest BCUT2D eigenvalue weighted by atomic mass is 9.98. The molecule has 1 aliphatic heterocycles. The first-order valence-electron chi connectivity index (χ1n) is 7.08. The molecule has 1 fully saturated rings. The predicted molar refractivity (Wildman–Crippen MR) is 77.2 cm³/mol. The lowest BCUT2D eigenvalue weighted by molar-refractivity contribution is 0.201. The molecule has 0 radical (unpaired) electrons. The Balaban J connectivity index is 2.14. The van der Waals surface area contributed by atoms with Crippen LogP contribution in [0.1, 0.15) is 26.7 Å². The molecule has 0 atom stereocenters. The smallest absolute Gasteiger partial charge is 0.323 e. The zero-order chi connectivity index (χ0) is 14.5. The third kappa shape index (κ3) is 3.69. The van der Waals surface area contributed by atoms with Crippen molar-refractivity contribution in [2.75, 3.05) is 37.0 Å². The third-order valence-electron chi connectivity index (χ3n) is 3.32. The fourth-order valence-electron chi connectivity index (χ4n) is 2.18. The van der Waals surface area contributed by atoms with Crippen molar-refractivity contribution in [2.24, 2.45) is 5.92 Å². The van der Waals surface area contributed by atoms with Gasteiger partial charge in [0.25, 0.3) is 0 Å². The van der Waals surface area contributed by atoms with Crippen molar-refractivity contribution < 1.29 is 9.84 Å². The van der Waals surface area contributed by atoms with Gasteiger partial charge in [0, 0.05) is 26.7 Å². The maximum atomic E-state index is 9.18. The van der Waals surface area contributed by atoms with E-state index in [1.54, 1.807) is 7.05 Å². The van der Waals surface area contributed by atoms with Gasteiger partial charge in [0.2, 0.25) is 11.9 Å². The molecule has 0 aromatic carbocycles. The zero-order valence-corrected chi connectivity index (χ0v) is 12.3. The number of ether oxygens (including phenoxy) is 1. The molecular weight excluding hydrogens is 258 g/mol. The summed E-state index contributed by atoms with van der Waals surface area (Å²) in [4.78, 5) is 15.1. The highest BCUT2D eigenvalue weighted by molar-refractivity contribution is 5.38. The summed E-state index contributed by atoms with van der Waals surface area (Å²) in [6, 6.07) is 0.346. The second-order valence-corrected chi connectivity index (χ2v) is 5.27. The van der Waals surface area contributed by atoms with Gasteiger partial charge in [0.1, 0.15) is 0 Å². The summed E-state index contributed by atoms with van der Waals surface area (Å²) in [5, 5.41) is 12.1. The second-order valence-electron chi connectivity index (χ2n) is 5.27. The third-order valence-corrected chi connectivity index (χ3v) is 3.32. The molecule has 2 rings (SSSR count). The predicted octanol–water partition coefficient (Wildman–Crippen LogP) is 0.909. The van der Waals surface area contributed by atoms with E-state index in [0.29, 0.717) is 23.8 Å². The Morgan fingerprint density at radius 1 is 1.30 bits per heavy atom. The number of aromatic nitrogens is 3. The average molecular weight is 281 g/mol. The van der Waals surface area contributed by atoms with E-state index < -0.39 is 0 Å². The van der Waals surface area contributed by atoms with Gasteiger partial charge in [0.15, 0.2) is 0 Å². The van der Waals surface area contributed by atoms with Crippen molar-refractivity contribution in [3.63, 3.8) is 0 Å². The van der Waals surface area contributed by atoms with Crippen LogP contribution in [0.5, 0.6) is 6.01 Å². The first-order chi connectivity index (χ1) is 9.62. The van der Waals surface area contributed by atoms with E-state index in [4.69, 9.17) is 4.74 Å². The minimum absolute atomic E-state index is 0.0232. The van der Waals surface area contributed by atoms with Gasteiger partial charge >= 0.3 is 6.01 Å². The number of nitrogens with zero attached hydrogens (tertiary/aromatic N) is 4. The van der Waals surface area contributed by atoms with Crippen molar-refractivity contribution in [3.8, 4) is 6.01 Å². The second kappa shape index (κ2) is 6.69. The van der Waals surface area contributed by atoms with Crippen LogP contribution in [0.2, 0.25) is 0 Å². The molecule has 0 amide bonds. The Hall–Kier alpha value is -1.63. The van der Waals surface area contributed by atoms with Crippen LogP contribution in [0.15, 0.2) is 0 Å². The minimum atomic E-state index is 0.0232. The van der Waals surface area contributed by atoms with Crippen LogP contribution < -0.4 is 15.0 Å². The molecule has 0 aliphatic carbocycles. The van der Waals surface area contributed by atoms with Gasteiger partial charge in [-0.1, -0.05) is 0 Å². The molecule has 1 saturated heterocycles. The molecule has 7 heteroatoms. The van der Waals surface area contributed by atoms with E-state index >= 15 is 0 Å². The number of aliphatic hydroxyl groups excluding tert-OH is 1. The van der Waals surface area contributed by atoms with Crippen molar-refractivity contribution in [1.29, 1.82) is 0 Å². The number of nitrogens with one attached hydrogen (secondary N) is 1. The average Bonchev–Trinajstić information content (AvgIpc) is 2.46. The largest absolute Gasteiger partial charge is 0.461 e. The van der Waals surface area contributed by atoms with E-state index in [1.165, 1.54) is 0 Å². The summed E-state index contributed by atoms with van der Waals surface area (Å²) in [5.41, 5.74) is 0. The first-order valence-corrected chi connectivity index (χ1v) is 7.08. The molecular formula is C13H23N5O2. The fourth-order valence-corrected chi connectivity index (χ4v) is 2.18. The minimum Gasteiger partial charge on any atom is -0.461 e. The van der Waals surface area contributed by atoms with Crippen LogP contribution in [-0.4, -0.2) is 52.9 Å². The lowest BCUT2D eigenvalue weighted by Crippen LogP contribution is -2.36. The standard InChI is InChI=1S/C13H23N5O2/c1-9(2)20-13-16-11(14-3)15-12(17-13)18-6-4-10(8-19)5-7-18/h9-10,19H,4-8H2,1-3H3,(H,14,15,16,17). The van der Waals surface area contributed by atoms with Gasteiger partial charge < -0.3 is 20.1 Å². The SMILES string of the molecule is CNc1nc(OC(C)C)nc(N2CCC(CO)CC2)n1. The monoisotopic (exact) mass is 281 g/mol. The Morgan fingerprint density at radius 2 is 2.00 bits per heavy atom. The van der Waals surface area contributed by atoms with Gasteiger partial charge in [-0.05, 0) is 32.6 Å². The molecule has 0 saturated carbocycles. The number of rotatable bonds is 5. The van der Waals surface area contributed by atoms with Crippen LogP contribution in [0.25, 0.3) is 0 Å². The van der Waals surface area contributed by atoms with Crippen LogP contribution in [0.4, 0.5) is 11.9 Å². The molecule has 20 heavy (non-hydrogen) atoms. The molecule has 0 unspecified atom stereocenters. The highest BCUT2D eigenvalue weighted by atomic mass is 16.5. The quantitative estimate of drug-likeness (QED) is 0.830. The Labute approximate surface area is 119 Å². The van der Waals surface area contributed by atoms with Crippen LogP contribution >= 0.6 is 0 Å². The number of piperidine rings is 1. The Bertz CT molecular complexity index is 433. The molecule has 1 aromatic heterocycles. The van der Waals surface area contributed by atoms with Crippen LogP contribution in [-0.2, 0) is 0 Å². The van der Waals surface area contributed by atoms with Crippen molar-refractivity contribution >= 4 is 11.9 Å². The van der Waals surface area contributed by atoms with Gasteiger partial charge in [-0.3, -0.25) is 0 Å². The van der Waals surface area contributed by atoms with E-state index in [-0.39, 0.29) is 12.7 Å². The molecule has 2 heterocycles. The summed E-state index contributed by atoms with van der Waals surface area (Å²) < 4.78 is 5.56. The zero-order valence-electron chi connectivity index (χ0n) is 12.3. The van der Waals surface area contributed by atoms with E-state index in [2.05, 4.69) is 25.2 Å². The molecule has 0 bridgehead atoms. The van der Waals surface area contributed by atoms with Gasteiger partial charge in [-0.25, -0.2) is 0 Å². The number of anilines is 2. The van der Waals surface area contributed by atoms with Crippen molar-refractivity contribution in [2.45, 2.75) is 32.8 Å². The highest BCUT2D eigenvalue weighted by Gasteiger charge is 2.21. The topological polar surface area (TPSA) is 83.4 Å². The summed E-state index contributed by atoms with van der Waals surface area (Å²) in [5.74, 6) is 1.54. The highest BCUT2D eigenvalue weighted by Crippen LogP contribution is 2.22. The molecule has 112 valence electrons. The Kier molecular flexibility index (Phi) is 4.94. The molecule has 0 spiro atoms. The molecule has 1 aliphatic rings. The number of hydrogen-bond acceptors (Lipinski definition) is 7. The van der Waals surface area contributed by atoms with Gasteiger partial charge in [-0.15, -0.1) is 0 Å². The molecule has 1 aromatic rings. The van der Waals surface area contributed by atoms with Crippen LogP contribution in [0.3, 0.4) is 0 Å². The van der Waals surface area contributed by atoms with Crippen molar-refractivity contribution in [3.05, 3.63) is 0 Å². The van der Waals surface area contributed by atoms with Gasteiger partial charge in [0.05, 0.1) is 6.10 Å². The maximum absolute atomic E-state index is 9.18. The number of hydrogen-bond donors (Lipinski definition) is 2. The van der Waals surface area contributed by atoms with Crippen molar-refractivity contribution in [1.82, 2.24) is 15.0 Å². The first kappa shape index (κ1) is 14.8. The van der Waals surface area contributed by atoms with Gasteiger partial charge in [-0.2, -0.15) is 15.0 Å². The number of aliphatic hydroxyl groups is 1. The summed E-state index contributed by atoms with van der Waals surface area (Å²) in [6.45, 7) is 5.83. The maximum Gasteiger partial charge on any atom is 0.323 e. The summed E-state index contributed by atoms with van der Waals surface area (Å²) in [6.07, 6.45) is 1.93. The van der Waals surface area contributed by atoms with E-state index in [0.717, 1.165) is 25.9 Å². The molecule has 7 nitrogen and oxygen atoms in total. The lowest BCUT2D eigenvalue weighted by Gasteiger charge is -2.31. The Morgan fingerprint density at radius 3 is 2.55 bits per heavy atom. The molecule has 2 N–H and O–H groups in total.